The lowest BCUT2D eigenvalue weighted by molar-refractivity contribution is 0.0991. The average molecular weight is 372 g/mol. The summed E-state index contributed by atoms with van der Waals surface area (Å²) in [5.41, 5.74) is 3.52. The zero-order chi connectivity index (χ0) is 19.7. The number of anilines is 2. The molecule has 0 radical (unpaired) electrons. The van der Waals surface area contributed by atoms with E-state index in [1.54, 1.807) is 48.3 Å². The highest BCUT2D eigenvalue weighted by molar-refractivity contribution is 6.10. The van der Waals surface area contributed by atoms with Crippen LogP contribution in [0.15, 0.2) is 66.7 Å². The van der Waals surface area contributed by atoms with Crippen LogP contribution in [0.2, 0.25) is 0 Å². The van der Waals surface area contributed by atoms with Crippen molar-refractivity contribution in [3.63, 3.8) is 0 Å². The molecule has 0 saturated heterocycles. The van der Waals surface area contributed by atoms with Gasteiger partial charge in [0, 0.05) is 24.4 Å². The number of fused-ring (bicyclic) bond motifs is 2. The van der Waals surface area contributed by atoms with Gasteiger partial charge in [-0.25, -0.2) is 0 Å². The molecule has 1 N–H and O–H groups in total. The highest BCUT2D eigenvalue weighted by Gasteiger charge is 2.25. The minimum atomic E-state index is -0.193. The van der Waals surface area contributed by atoms with Gasteiger partial charge in [-0.1, -0.05) is 31.2 Å². The van der Waals surface area contributed by atoms with Gasteiger partial charge in [-0.15, -0.1) is 0 Å². The molecule has 0 fully saturated rings. The third kappa shape index (κ3) is 3.22. The van der Waals surface area contributed by atoms with Crippen molar-refractivity contribution in [2.75, 3.05) is 17.3 Å². The van der Waals surface area contributed by atoms with E-state index in [1.165, 1.54) is 5.56 Å². The van der Waals surface area contributed by atoms with Gasteiger partial charge in [-0.2, -0.15) is 0 Å². The number of ether oxygens (including phenoxy) is 1. The van der Waals surface area contributed by atoms with Crippen molar-refractivity contribution < 1.29 is 14.3 Å². The Balaban J connectivity index is 1.63. The first kappa shape index (κ1) is 17.8. The van der Waals surface area contributed by atoms with Crippen LogP contribution in [-0.2, 0) is 6.42 Å². The maximum atomic E-state index is 12.7. The molecular weight excluding hydrogens is 352 g/mol. The minimum Gasteiger partial charge on any atom is -0.454 e. The monoisotopic (exact) mass is 372 g/mol. The largest absolute Gasteiger partial charge is 0.454 e. The molecule has 28 heavy (non-hydrogen) atoms. The van der Waals surface area contributed by atoms with Gasteiger partial charge in [0.25, 0.3) is 11.8 Å². The molecule has 1 aliphatic heterocycles. The van der Waals surface area contributed by atoms with Gasteiger partial charge >= 0.3 is 0 Å². The summed E-state index contributed by atoms with van der Waals surface area (Å²) in [6.45, 7) is 2.07. The van der Waals surface area contributed by atoms with E-state index in [1.807, 2.05) is 30.3 Å². The standard InChI is InChI=1S/C23H20N2O3/c1-3-15-8-10-16(11-9-15)22(26)24-17-12-13-19-21(14-17)28-20-7-5-4-6-18(20)23(27)25(19)2/h4-14H,3H2,1-2H3,(H,24,26). The molecule has 5 heteroatoms. The Kier molecular flexibility index (Phi) is 4.57. The second-order valence-corrected chi connectivity index (χ2v) is 6.65. The summed E-state index contributed by atoms with van der Waals surface area (Å²) >= 11 is 0. The predicted molar refractivity (Wildman–Crippen MR) is 109 cm³/mol. The second-order valence-electron chi connectivity index (χ2n) is 6.65. The van der Waals surface area contributed by atoms with Crippen molar-refractivity contribution in [1.82, 2.24) is 0 Å². The molecule has 0 aliphatic carbocycles. The van der Waals surface area contributed by atoms with Crippen LogP contribution in [-0.4, -0.2) is 18.9 Å². The summed E-state index contributed by atoms with van der Waals surface area (Å²) in [6.07, 6.45) is 0.928. The fraction of sp³-hybridized carbons (Fsp3) is 0.130. The van der Waals surface area contributed by atoms with Crippen molar-refractivity contribution >= 4 is 23.2 Å². The Hall–Kier alpha value is -3.60. The molecule has 0 spiro atoms. The Labute approximate surface area is 163 Å². The van der Waals surface area contributed by atoms with E-state index in [-0.39, 0.29) is 11.8 Å². The number of benzene rings is 3. The number of nitrogens with one attached hydrogen (secondary N) is 1. The first-order valence-corrected chi connectivity index (χ1v) is 9.16. The summed E-state index contributed by atoms with van der Waals surface area (Å²) < 4.78 is 5.99. The van der Waals surface area contributed by atoms with Crippen molar-refractivity contribution in [1.29, 1.82) is 0 Å². The van der Waals surface area contributed by atoms with Crippen LogP contribution in [0.3, 0.4) is 0 Å². The van der Waals surface area contributed by atoms with Crippen molar-refractivity contribution in [3.8, 4) is 11.5 Å². The molecule has 3 aromatic rings. The highest BCUT2D eigenvalue weighted by Crippen LogP contribution is 2.39. The topological polar surface area (TPSA) is 58.6 Å². The lowest BCUT2D eigenvalue weighted by Crippen LogP contribution is -2.25. The number of nitrogens with zero attached hydrogens (tertiary/aromatic N) is 1. The molecule has 2 amide bonds. The summed E-state index contributed by atoms with van der Waals surface area (Å²) in [4.78, 5) is 26.8. The molecule has 0 unspecified atom stereocenters. The molecule has 140 valence electrons. The second kappa shape index (κ2) is 7.19. The highest BCUT2D eigenvalue weighted by atomic mass is 16.5. The normalized spacial score (nSPS) is 12.5. The molecule has 0 aromatic heterocycles. The van der Waals surface area contributed by atoms with E-state index < -0.39 is 0 Å². The zero-order valence-electron chi connectivity index (χ0n) is 15.7. The molecule has 1 aliphatic rings. The smallest absolute Gasteiger partial charge is 0.261 e. The number of hydrogen-bond acceptors (Lipinski definition) is 3. The number of rotatable bonds is 3. The van der Waals surface area contributed by atoms with E-state index in [4.69, 9.17) is 4.74 Å². The molecular formula is C23H20N2O3. The quantitative estimate of drug-likeness (QED) is 0.713. The zero-order valence-corrected chi connectivity index (χ0v) is 15.7. The van der Waals surface area contributed by atoms with Crippen LogP contribution in [0.4, 0.5) is 11.4 Å². The molecule has 5 nitrogen and oxygen atoms in total. The van der Waals surface area contributed by atoms with Crippen molar-refractivity contribution in [3.05, 3.63) is 83.4 Å². The molecule has 3 aromatic carbocycles. The van der Waals surface area contributed by atoms with Gasteiger partial charge in [-0.05, 0) is 48.4 Å². The number of hydrogen-bond donors (Lipinski definition) is 1. The first-order chi connectivity index (χ1) is 13.6. The molecule has 0 saturated carbocycles. The molecule has 4 rings (SSSR count). The molecule has 0 atom stereocenters. The van der Waals surface area contributed by atoms with E-state index in [2.05, 4.69) is 12.2 Å². The fourth-order valence-electron chi connectivity index (χ4n) is 3.19. The minimum absolute atomic E-state index is 0.137. The third-order valence-electron chi connectivity index (χ3n) is 4.85. The van der Waals surface area contributed by atoms with Gasteiger partial charge in [0.2, 0.25) is 0 Å². The van der Waals surface area contributed by atoms with E-state index in [0.29, 0.717) is 34.0 Å². The van der Waals surface area contributed by atoms with Crippen LogP contribution in [0.1, 0.15) is 33.2 Å². The number of aryl methyl sites for hydroxylation is 1. The number of carbonyl (C=O) groups excluding carboxylic acids is 2. The van der Waals surface area contributed by atoms with Crippen molar-refractivity contribution in [2.45, 2.75) is 13.3 Å². The van der Waals surface area contributed by atoms with E-state index in [9.17, 15) is 9.59 Å². The Morgan fingerprint density at radius 1 is 1.00 bits per heavy atom. The maximum absolute atomic E-state index is 12.7. The summed E-state index contributed by atoms with van der Waals surface area (Å²) in [7, 11) is 1.71. The first-order valence-electron chi connectivity index (χ1n) is 9.16. The average Bonchev–Trinajstić information content (AvgIpc) is 2.83. The third-order valence-corrected chi connectivity index (χ3v) is 4.85. The van der Waals surface area contributed by atoms with Crippen LogP contribution in [0.25, 0.3) is 0 Å². The Bertz CT molecular complexity index is 1060. The number of amides is 2. The Morgan fingerprint density at radius 3 is 2.50 bits per heavy atom. The van der Waals surface area contributed by atoms with Crippen LogP contribution in [0, 0.1) is 0 Å². The van der Waals surface area contributed by atoms with Gasteiger partial charge in [0.15, 0.2) is 5.75 Å². The fourth-order valence-corrected chi connectivity index (χ4v) is 3.19. The SMILES string of the molecule is CCc1ccc(C(=O)Nc2ccc3c(c2)Oc2ccccc2C(=O)N3C)cc1. The maximum Gasteiger partial charge on any atom is 0.261 e. The molecule has 1 heterocycles. The van der Waals surface area contributed by atoms with Crippen LogP contribution >= 0.6 is 0 Å². The van der Waals surface area contributed by atoms with Crippen LogP contribution in [0.5, 0.6) is 11.5 Å². The Morgan fingerprint density at radius 2 is 1.75 bits per heavy atom. The number of carbonyl (C=O) groups is 2. The van der Waals surface area contributed by atoms with Gasteiger partial charge < -0.3 is 15.0 Å². The van der Waals surface area contributed by atoms with Crippen molar-refractivity contribution in [2.24, 2.45) is 0 Å². The van der Waals surface area contributed by atoms with E-state index in [0.717, 1.165) is 6.42 Å². The number of para-hydroxylation sites is 1. The van der Waals surface area contributed by atoms with Gasteiger partial charge in [-0.3, -0.25) is 9.59 Å². The summed E-state index contributed by atoms with van der Waals surface area (Å²) in [5, 5.41) is 2.89. The lowest BCUT2D eigenvalue weighted by Gasteiger charge is -2.17. The van der Waals surface area contributed by atoms with E-state index >= 15 is 0 Å². The lowest BCUT2D eigenvalue weighted by atomic mass is 10.1. The molecule has 0 bridgehead atoms. The predicted octanol–water partition coefficient (Wildman–Crippen LogP) is 4.88. The summed E-state index contributed by atoms with van der Waals surface area (Å²) in [5.74, 6) is 0.680. The van der Waals surface area contributed by atoms with Gasteiger partial charge in [0.1, 0.15) is 5.75 Å². The summed E-state index contributed by atoms with van der Waals surface area (Å²) in [6, 6.07) is 19.9. The van der Waals surface area contributed by atoms with Crippen LogP contribution < -0.4 is 15.0 Å². The van der Waals surface area contributed by atoms with Gasteiger partial charge in [0.05, 0.1) is 11.3 Å².